The average molecular weight is 246 g/mol. The molecular weight excluding hydrogens is 239 g/mol. The molecule has 0 amide bonds. The summed E-state index contributed by atoms with van der Waals surface area (Å²) in [6, 6.07) is 3.89. The van der Waals surface area contributed by atoms with Crippen molar-refractivity contribution in [3.63, 3.8) is 0 Å². The van der Waals surface area contributed by atoms with E-state index in [2.05, 4.69) is 20.9 Å². The molecule has 0 spiro atoms. The number of halogens is 2. The smallest absolute Gasteiger partial charge is 0.156 e. The van der Waals surface area contributed by atoms with Crippen molar-refractivity contribution in [3.8, 4) is 0 Å². The molecule has 0 aliphatic rings. The summed E-state index contributed by atoms with van der Waals surface area (Å²) in [5.41, 5.74) is 0.927. The molecule has 0 aliphatic heterocycles. The van der Waals surface area contributed by atoms with Crippen LogP contribution in [-0.2, 0) is 0 Å². The van der Waals surface area contributed by atoms with E-state index in [1.165, 1.54) is 0 Å². The fraction of sp³-hybridized carbons (Fsp3) is 0.125. The van der Waals surface area contributed by atoms with Gasteiger partial charge in [-0.2, -0.15) is 0 Å². The predicted molar refractivity (Wildman–Crippen MR) is 52.6 cm³/mol. The fourth-order valence-electron chi connectivity index (χ4n) is 1.20. The molecule has 0 radical (unpaired) electrons. The van der Waals surface area contributed by atoms with Gasteiger partial charge < -0.3 is 4.40 Å². The maximum Gasteiger partial charge on any atom is 0.156 e. The van der Waals surface area contributed by atoms with Gasteiger partial charge >= 0.3 is 0 Å². The number of nitrogens with zero attached hydrogens (tertiary/aromatic N) is 2. The third-order valence-electron chi connectivity index (χ3n) is 1.75. The van der Waals surface area contributed by atoms with E-state index in [4.69, 9.17) is 11.6 Å². The molecule has 12 heavy (non-hydrogen) atoms. The summed E-state index contributed by atoms with van der Waals surface area (Å²) >= 11 is 9.34. The van der Waals surface area contributed by atoms with Gasteiger partial charge in [0.2, 0.25) is 0 Å². The SMILES string of the molecule is Cc1nc(Cl)c2c(Br)cccn12. The van der Waals surface area contributed by atoms with E-state index in [9.17, 15) is 0 Å². The number of aromatic nitrogens is 2. The Labute approximate surface area is 83.3 Å². The van der Waals surface area contributed by atoms with Gasteiger partial charge in [0.15, 0.2) is 5.15 Å². The third-order valence-corrected chi connectivity index (χ3v) is 2.65. The summed E-state index contributed by atoms with van der Waals surface area (Å²) in [4.78, 5) is 4.15. The Morgan fingerprint density at radius 1 is 1.58 bits per heavy atom. The predicted octanol–water partition coefficient (Wildman–Crippen LogP) is 3.06. The second-order valence-electron chi connectivity index (χ2n) is 2.52. The zero-order chi connectivity index (χ0) is 8.72. The van der Waals surface area contributed by atoms with Gasteiger partial charge in [0, 0.05) is 10.7 Å². The Morgan fingerprint density at radius 2 is 2.33 bits per heavy atom. The number of pyridine rings is 1. The Hall–Kier alpha value is -0.540. The number of rotatable bonds is 0. The zero-order valence-electron chi connectivity index (χ0n) is 6.38. The van der Waals surface area contributed by atoms with Crippen LogP contribution in [0.4, 0.5) is 0 Å². The monoisotopic (exact) mass is 244 g/mol. The molecule has 0 bridgehead atoms. The number of aryl methyl sites for hydroxylation is 1. The Kier molecular flexibility index (Phi) is 1.85. The van der Waals surface area contributed by atoms with Gasteiger partial charge in [-0.1, -0.05) is 11.6 Å². The van der Waals surface area contributed by atoms with E-state index in [1.54, 1.807) is 0 Å². The van der Waals surface area contributed by atoms with Gasteiger partial charge in [0.1, 0.15) is 5.82 Å². The summed E-state index contributed by atoms with van der Waals surface area (Å²) in [7, 11) is 0. The molecule has 2 heterocycles. The van der Waals surface area contributed by atoms with E-state index in [0.717, 1.165) is 15.8 Å². The highest BCUT2D eigenvalue weighted by atomic mass is 79.9. The van der Waals surface area contributed by atoms with Gasteiger partial charge in [0.05, 0.1) is 5.52 Å². The average Bonchev–Trinajstić information content (AvgIpc) is 2.29. The second-order valence-corrected chi connectivity index (χ2v) is 3.74. The number of hydrogen-bond donors (Lipinski definition) is 0. The van der Waals surface area contributed by atoms with Crippen LogP contribution >= 0.6 is 27.5 Å². The van der Waals surface area contributed by atoms with Crippen LogP contribution in [0.5, 0.6) is 0 Å². The van der Waals surface area contributed by atoms with Crippen molar-refractivity contribution in [1.29, 1.82) is 0 Å². The summed E-state index contributed by atoms with van der Waals surface area (Å²) in [5, 5.41) is 0.542. The highest BCUT2D eigenvalue weighted by Gasteiger charge is 2.07. The van der Waals surface area contributed by atoms with Crippen LogP contribution in [0, 0.1) is 6.92 Å². The molecular formula is C8H6BrClN2. The largest absolute Gasteiger partial charge is 0.301 e. The molecule has 4 heteroatoms. The third kappa shape index (κ3) is 1.04. The van der Waals surface area contributed by atoms with Gasteiger partial charge in [-0.25, -0.2) is 4.98 Å². The lowest BCUT2D eigenvalue weighted by Gasteiger charge is -1.96. The van der Waals surface area contributed by atoms with Gasteiger partial charge in [0.25, 0.3) is 0 Å². The van der Waals surface area contributed by atoms with E-state index in [1.807, 2.05) is 29.7 Å². The van der Waals surface area contributed by atoms with Crippen molar-refractivity contribution >= 4 is 33.0 Å². The highest BCUT2D eigenvalue weighted by molar-refractivity contribution is 9.10. The summed E-state index contributed by atoms with van der Waals surface area (Å²) in [6.07, 6.45) is 1.94. The fourth-order valence-corrected chi connectivity index (χ4v) is 2.16. The van der Waals surface area contributed by atoms with Crippen molar-refractivity contribution in [2.24, 2.45) is 0 Å². The normalized spacial score (nSPS) is 10.9. The van der Waals surface area contributed by atoms with Crippen LogP contribution in [0.1, 0.15) is 5.82 Å². The molecule has 0 atom stereocenters. The minimum atomic E-state index is 0.542. The Balaban J connectivity index is 2.99. The number of hydrogen-bond acceptors (Lipinski definition) is 1. The Bertz CT molecular complexity index is 436. The minimum Gasteiger partial charge on any atom is -0.301 e. The van der Waals surface area contributed by atoms with Crippen LogP contribution in [0.15, 0.2) is 22.8 Å². The lowest BCUT2D eigenvalue weighted by molar-refractivity contribution is 1.04. The number of imidazole rings is 1. The summed E-state index contributed by atoms with van der Waals surface area (Å²) < 4.78 is 2.92. The molecule has 0 fully saturated rings. The lowest BCUT2D eigenvalue weighted by Crippen LogP contribution is -1.86. The van der Waals surface area contributed by atoms with E-state index in [-0.39, 0.29) is 0 Å². The summed E-state index contributed by atoms with van der Waals surface area (Å²) in [5.74, 6) is 0.899. The molecule has 0 aromatic carbocycles. The molecule has 0 unspecified atom stereocenters. The first-order valence-electron chi connectivity index (χ1n) is 3.49. The molecule has 2 aromatic heterocycles. The number of fused-ring (bicyclic) bond motifs is 1. The van der Waals surface area contributed by atoms with Crippen LogP contribution < -0.4 is 0 Å². The molecule has 0 aliphatic carbocycles. The quantitative estimate of drug-likeness (QED) is 0.697. The van der Waals surface area contributed by atoms with Crippen molar-refractivity contribution in [2.45, 2.75) is 6.92 Å². The van der Waals surface area contributed by atoms with Gasteiger partial charge in [-0.05, 0) is 35.0 Å². The van der Waals surface area contributed by atoms with Crippen molar-refractivity contribution in [1.82, 2.24) is 9.38 Å². The van der Waals surface area contributed by atoms with Crippen LogP contribution in [0.25, 0.3) is 5.52 Å². The van der Waals surface area contributed by atoms with Crippen LogP contribution in [0.3, 0.4) is 0 Å². The second kappa shape index (κ2) is 2.75. The van der Waals surface area contributed by atoms with Crippen LogP contribution in [-0.4, -0.2) is 9.38 Å². The van der Waals surface area contributed by atoms with Gasteiger partial charge in [-0.15, -0.1) is 0 Å². The minimum absolute atomic E-state index is 0.542. The van der Waals surface area contributed by atoms with Crippen molar-refractivity contribution in [2.75, 3.05) is 0 Å². The molecule has 2 rings (SSSR count). The molecule has 0 saturated heterocycles. The molecule has 2 aromatic rings. The van der Waals surface area contributed by atoms with Crippen LogP contribution in [0.2, 0.25) is 5.15 Å². The maximum atomic E-state index is 5.92. The van der Waals surface area contributed by atoms with Crippen molar-refractivity contribution in [3.05, 3.63) is 33.8 Å². The molecule has 62 valence electrons. The summed E-state index contributed by atoms with van der Waals surface area (Å²) in [6.45, 7) is 1.92. The molecule has 0 N–H and O–H groups in total. The van der Waals surface area contributed by atoms with Crippen molar-refractivity contribution < 1.29 is 0 Å². The lowest BCUT2D eigenvalue weighted by atomic mass is 10.4. The zero-order valence-corrected chi connectivity index (χ0v) is 8.72. The molecule has 2 nitrogen and oxygen atoms in total. The standard InChI is InChI=1S/C8H6BrClN2/c1-5-11-8(10)7-6(9)3-2-4-12(5)7/h2-4H,1H3. The van der Waals surface area contributed by atoms with Gasteiger partial charge in [-0.3, -0.25) is 0 Å². The first kappa shape index (κ1) is 8.08. The first-order valence-corrected chi connectivity index (χ1v) is 4.66. The maximum absolute atomic E-state index is 5.92. The van der Waals surface area contributed by atoms with E-state index in [0.29, 0.717) is 5.15 Å². The van der Waals surface area contributed by atoms with E-state index >= 15 is 0 Å². The molecule has 0 saturated carbocycles. The first-order chi connectivity index (χ1) is 5.70. The topological polar surface area (TPSA) is 17.3 Å². The Morgan fingerprint density at radius 3 is 3.00 bits per heavy atom. The van der Waals surface area contributed by atoms with E-state index < -0.39 is 0 Å². The highest BCUT2D eigenvalue weighted by Crippen LogP contribution is 2.25.